The van der Waals surface area contributed by atoms with Gasteiger partial charge in [0, 0.05) is 6.07 Å². The zero-order valence-electron chi connectivity index (χ0n) is 12.8. The fourth-order valence-corrected chi connectivity index (χ4v) is 3.38. The van der Waals surface area contributed by atoms with E-state index in [1.165, 1.54) is 20.3 Å². The molecule has 0 unspecified atom stereocenters. The first-order valence-corrected chi connectivity index (χ1v) is 8.33. The maximum absolute atomic E-state index is 12.6. The van der Waals surface area contributed by atoms with Gasteiger partial charge in [0.15, 0.2) is 0 Å². The van der Waals surface area contributed by atoms with Crippen molar-refractivity contribution in [3.8, 4) is 11.5 Å². The first kappa shape index (κ1) is 16.2. The summed E-state index contributed by atoms with van der Waals surface area (Å²) in [6.45, 7) is 1.97. The van der Waals surface area contributed by atoms with E-state index in [1.807, 2.05) is 19.1 Å². The molecule has 22 heavy (non-hydrogen) atoms. The molecule has 118 valence electrons. The zero-order chi connectivity index (χ0) is 16.2. The number of hydrogen-bond acceptors (Lipinski definition) is 4. The van der Waals surface area contributed by atoms with Gasteiger partial charge in [-0.1, -0.05) is 25.1 Å². The molecule has 0 radical (unpaired) electrons. The van der Waals surface area contributed by atoms with E-state index < -0.39 is 10.0 Å². The van der Waals surface area contributed by atoms with E-state index in [0.29, 0.717) is 11.4 Å². The van der Waals surface area contributed by atoms with Crippen LogP contribution in [0, 0.1) is 0 Å². The molecule has 0 spiro atoms. The van der Waals surface area contributed by atoms with E-state index in [2.05, 4.69) is 4.72 Å². The number of aryl methyl sites for hydroxylation is 1. The molecule has 0 atom stereocenters. The second kappa shape index (κ2) is 6.70. The Labute approximate surface area is 130 Å². The lowest BCUT2D eigenvalue weighted by Gasteiger charge is -2.14. The van der Waals surface area contributed by atoms with Crippen molar-refractivity contribution in [2.24, 2.45) is 0 Å². The van der Waals surface area contributed by atoms with Gasteiger partial charge >= 0.3 is 0 Å². The Balaban J connectivity index is 2.42. The number of anilines is 1. The molecule has 0 aliphatic heterocycles. The lowest BCUT2D eigenvalue weighted by atomic mass is 10.1. The molecular weight excluding hydrogens is 302 g/mol. The van der Waals surface area contributed by atoms with Crippen LogP contribution >= 0.6 is 0 Å². The minimum absolute atomic E-state index is 0.0710. The average molecular weight is 321 g/mol. The van der Waals surface area contributed by atoms with Gasteiger partial charge in [-0.25, -0.2) is 8.42 Å². The quantitative estimate of drug-likeness (QED) is 0.888. The van der Waals surface area contributed by atoms with Crippen LogP contribution in [0.4, 0.5) is 5.69 Å². The Bertz CT molecular complexity index is 756. The van der Waals surface area contributed by atoms with Crippen molar-refractivity contribution in [1.29, 1.82) is 0 Å². The van der Waals surface area contributed by atoms with Gasteiger partial charge in [-0.15, -0.1) is 0 Å². The molecular formula is C16H19NO4S. The third-order valence-corrected chi connectivity index (χ3v) is 4.71. The molecule has 0 amide bonds. The number of methoxy groups -OCH3 is 2. The Morgan fingerprint density at radius 2 is 1.77 bits per heavy atom. The summed E-state index contributed by atoms with van der Waals surface area (Å²) in [5.41, 5.74) is 1.50. The van der Waals surface area contributed by atoms with Crippen LogP contribution in [0.25, 0.3) is 0 Å². The van der Waals surface area contributed by atoms with Gasteiger partial charge in [-0.3, -0.25) is 4.72 Å². The molecule has 2 rings (SSSR count). The third-order valence-electron chi connectivity index (χ3n) is 3.30. The molecule has 0 aromatic heterocycles. The predicted octanol–water partition coefficient (Wildman–Crippen LogP) is 3.07. The van der Waals surface area contributed by atoms with Crippen LogP contribution < -0.4 is 14.2 Å². The number of ether oxygens (including phenoxy) is 2. The van der Waals surface area contributed by atoms with Crippen molar-refractivity contribution in [2.45, 2.75) is 18.2 Å². The summed E-state index contributed by atoms with van der Waals surface area (Å²) < 4.78 is 38.1. The van der Waals surface area contributed by atoms with Gasteiger partial charge in [0.05, 0.1) is 19.9 Å². The highest BCUT2D eigenvalue weighted by Crippen LogP contribution is 2.30. The molecule has 0 bridgehead atoms. The smallest absolute Gasteiger partial charge is 0.265 e. The van der Waals surface area contributed by atoms with Gasteiger partial charge in [0.1, 0.15) is 16.4 Å². The third kappa shape index (κ3) is 3.33. The molecule has 5 nitrogen and oxygen atoms in total. The number of benzene rings is 2. The van der Waals surface area contributed by atoms with Crippen molar-refractivity contribution in [1.82, 2.24) is 0 Å². The van der Waals surface area contributed by atoms with Crippen LogP contribution in [0.5, 0.6) is 11.5 Å². The zero-order valence-corrected chi connectivity index (χ0v) is 13.6. The van der Waals surface area contributed by atoms with Gasteiger partial charge in [-0.05, 0) is 30.2 Å². The Hall–Kier alpha value is -2.21. The minimum Gasteiger partial charge on any atom is -0.497 e. The molecule has 2 aromatic carbocycles. The fraction of sp³-hybridized carbons (Fsp3) is 0.250. The van der Waals surface area contributed by atoms with Crippen molar-refractivity contribution < 1.29 is 17.9 Å². The lowest BCUT2D eigenvalue weighted by Crippen LogP contribution is -2.15. The second-order valence-electron chi connectivity index (χ2n) is 4.63. The van der Waals surface area contributed by atoms with E-state index in [4.69, 9.17) is 9.47 Å². The maximum atomic E-state index is 12.6. The lowest BCUT2D eigenvalue weighted by molar-refractivity contribution is 0.386. The first-order valence-electron chi connectivity index (χ1n) is 6.84. The van der Waals surface area contributed by atoms with Crippen LogP contribution in [0.3, 0.4) is 0 Å². The van der Waals surface area contributed by atoms with Crippen LogP contribution in [-0.2, 0) is 16.4 Å². The predicted molar refractivity (Wildman–Crippen MR) is 86.2 cm³/mol. The van der Waals surface area contributed by atoms with E-state index in [1.54, 1.807) is 24.3 Å². The number of sulfonamides is 1. The Kier molecular flexibility index (Phi) is 4.92. The highest BCUT2D eigenvalue weighted by molar-refractivity contribution is 7.92. The van der Waals surface area contributed by atoms with Crippen molar-refractivity contribution >= 4 is 15.7 Å². The minimum atomic E-state index is -3.74. The molecule has 0 saturated carbocycles. The van der Waals surface area contributed by atoms with Crippen molar-refractivity contribution in [3.63, 3.8) is 0 Å². The highest BCUT2D eigenvalue weighted by atomic mass is 32.2. The summed E-state index contributed by atoms with van der Waals surface area (Å²) in [4.78, 5) is 0.0710. The Morgan fingerprint density at radius 3 is 2.41 bits per heavy atom. The number of rotatable bonds is 6. The Morgan fingerprint density at radius 1 is 1.05 bits per heavy atom. The topological polar surface area (TPSA) is 64.6 Å². The molecule has 0 fully saturated rings. The fourth-order valence-electron chi connectivity index (χ4n) is 2.12. The van der Waals surface area contributed by atoms with Crippen LogP contribution in [0.2, 0.25) is 0 Å². The normalized spacial score (nSPS) is 11.0. The molecule has 0 heterocycles. The largest absolute Gasteiger partial charge is 0.497 e. The average Bonchev–Trinajstić information content (AvgIpc) is 2.54. The van der Waals surface area contributed by atoms with E-state index in [9.17, 15) is 8.42 Å². The SMILES string of the molecule is CCc1ccccc1NS(=O)(=O)c1ccc(OC)cc1OC. The van der Waals surface area contributed by atoms with Gasteiger partial charge in [-0.2, -0.15) is 0 Å². The summed E-state index contributed by atoms with van der Waals surface area (Å²) in [6.07, 6.45) is 0.735. The van der Waals surface area contributed by atoms with Gasteiger partial charge < -0.3 is 9.47 Å². The summed E-state index contributed by atoms with van der Waals surface area (Å²) >= 11 is 0. The molecule has 0 aliphatic carbocycles. The van der Waals surface area contributed by atoms with E-state index >= 15 is 0 Å². The van der Waals surface area contributed by atoms with Gasteiger partial charge in [0.2, 0.25) is 0 Å². The maximum Gasteiger partial charge on any atom is 0.265 e. The summed E-state index contributed by atoms with van der Waals surface area (Å²) in [5.74, 6) is 0.769. The molecule has 0 saturated heterocycles. The van der Waals surface area contributed by atoms with E-state index in [0.717, 1.165) is 12.0 Å². The van der Waals surface area contributed by atoms with Crippen molar-refractivity contribution in [3.05, 3.63) is 48.0 Å². The standard InChI is InChI=1S/C16H19NO4S/c1-4-12-7-5-6-8-14(12)17-22(18,19)16-10-9-13(20-2)11-15(16)21-3/h5-11,17H,4H2,1-3H3. The monoisotopic (exact) mass is 321 g/mol. The number of nitrogens with one attached hydrogen (secondary N) is 1. The summed E-state index contributed by atoms with van der Waals surface area (Å²) in [5, 5.41) is 0. The summed E-state index contributed by atoms with van der Waals surface area (Å²) in [7, 11) is -0.807. The number of para-hydroxylation sites is 1. The highest BCUT2D eigenvalue weighted by Gasteiger charge is 2.21. The van der Waals surface area contributed by atoms with Crippen LogP contribution in [0.1, 0.15) is 12.5 Å². The molecule has 1 N–H and O–H groups in total. The summed E-state index contributed by atoms with van der Waals surface area (Å²) in [6, 6.07) is 11.9. The first-order chi connectivity index (χ1) is 10.5. The van der Waals surface area contributed by atoms with Crippen LogP contribution in [0.15, 0.2) is 47.4 Å². The second-order valence-corrected chi connectivity index (χ2v) is 6.28. The number of hydrogen-bond donors (Lipinski definition) is 1. The molecule has 2 aromatic rings. The van der Waals surface area contributed by atoms with Crippen molar-refractivity contribution in [2.75, 3.05) is 18.9 Å². The van der Waals surface area contributed by atoms with Crippen LogP contribution in [-0.4, -0.2) is 22.6 Å². The molecule has 6 heteroatoms. The van der Waals surface area contributed by atoms with Gasteiger partial charge in [0.25, 0.3) is 10.0 Å². The van der Waals surface area contributed by atoms with E-state index in [-0.39, 0.29) is 10.6 Å². The molecule has 0 aliphatic rings.